The van der Waals surface area contributed by atoms with Crippen LogP contribution in [0.15, 0.2) is 18.2 Å². The second kappa shape index (κ2) is 7.54. The summed E-state index contributed by atoms with van der Waals surface area (Å²) in [5, 5.41) is 14.3. The third-order valence-electron chi connectivity index (χ3n) is 2.36. The van der Waals surface area contributed by atoms with Crippen molar-refractivity contribution in [1.29, 1.82) is 0 Å². The minimum atomic E-state index is -1.05. The van der Waals surface area contributed by atoms with Crippen LogP contribution in [0.4, 0.5) is 10.5 Å². The third-order valence-corrected chi connectivity index (χ3v) is 3.34. The maximum Gasteiger partial charge on any atom is 0.326 e. The molecular formula is C12H14ClIN2O3. The Morgan fingerprint density at radius 2 is 2.16 bits per heavy atom. The summed E-state index contributed by atoms with van der Waals surface area (Å²) in [6.07, 6.45) is 1.05. The predicted octanol–water partition coefficient (Wildman–Crippen LogP) is 3.32. The summed E-state index contributed by atoms with van der Waals surface area (Å²) >= 11 is 8.08. The first kappa shape index (κ1) is 16.0. The highest BCUT2D eigenvalue weighted by atomic mass is 127. The summed E-state index contributed by atoms with van der Waals surface area (Å²) in [5.74, 6) is -1.05. The number of hydrogen-bond donors (Lipinski definition) is 3. The van der Waals surface area contributed by atoms with E-state index < -0.39 is 18.0 Å². The van der Waals surface area contributed by atoms with Gasteiger partial charge in [-0.3, -0.25) is 0 Å². The predicted molar refractivity (Wildman–Crippen MR) is 82.7 cm³/mol. The fourth-order valence-electron chi connectivity index (χ4n) is 1.45. The van der Waals surface area contributed by atoms with Gasteiger partial charge in [-0.2, -0.15) is 0 Å². The lowest BCUT2D eigenvalue weighted by Crippen LogP contribution is -2.42. The number of rotatable bonds is 5. The molecule has 0 bridgehead atoms. The van der Waals surface area contributed by atoms with Crippen molar-refractivity contribution in [2.45, 2.75) is 25.8 Å². The molecule has 5 nitrogen and oxygen atoms in total. The van der Waals surface area contributed by atoms with Crippen LogP contribution in [0.2, 0.25) is 5.02 Å². The van der Waals surface area contributed by atoms with Crippen molar-refractivity contribution in [2.75, 3.05) is 5.32 Å². The molecule has 0 aliphatic heterocycles. The molecule has 0 aliphatic carbocycles. The van der Waals surface area contributed by atoms with Crippen LogP contribution >= 0.6 is 34.2 Å². The van der Waals surface area contributed by atoms with E-state index in [0.717, 1.165) is 3.57 Å². The molecule has 104 valence electrons. The van der Waals surface area contributed by atoms with Crippen LogP contribution in [0.5, 0.6) is 0 Å². The fraction of sp³-hybridized carbons (Fsp3) is 0.333. The van der Waals surface area contributed by atoms with Crippen molar-refractivity contribution in [2.24, 2.45) is 0 Å². The standard InChI is InChI=1S/C12H14ClIN2O3/c1-2-3-10(11(17)18)16-12(19)15-9-5-4-7(14)6-8(9)13/h4-6,10H,2-3H2,1H3,(H,17,18)(H2,15,16,19). The molecule has 1 aromatic carbocycles. The van der Waals surface area contributed by atoms with E-state index in [1.165, 1.54) is 0 Å². The molecule has 0 radical (unpaired) electrons. The van der Waals surface area contributed by atoms with Gasteiger partial charge in [-0.25, -0.2) is 9.59 Å². The summed E-state index contributed by atoms with van der Waals surface area (Å²) in [4.78, 5) is 22.6. The smallest absolute Gasteiger partial charge is 0.326 e. The average molecular weight is 397 g/mol. The van der Waals surface area contributed by atoms with Gasteiger partial charge in [0.1, 0.15) is 6.04 Å². The zero-order valence-corrected chi connectivity index (χ0v) is 13.2. The van der Waals surface area contributed by atoms with Crippen LogP contribution in [-0.2, 0) is 4.79 Å². The topological polar surface area (TPSA) is 78.4 Å². The summed E-state index contributed by atoms with van der Waals surface area (Å²) in [6.45, 7) is 1.85. The van der Waals surface area contributed by atoms with Crippen molar-refractivity contribution in [1.82, 2.24) is 5.32 Å². The number of carbonyl (C=O) groups is 2. The maximum atomic E-state index is 11.7. The molecule has 0 aliphatic rings. The van der Waals surface area contributed by atoms with Crippen LogP contribution < -0.4 is 10.6 Å². The lowest BCUT2D eigenvalue weighted by Gasteiger charge is -2.14. The van der Waals surface area contributed by atoms with Crippen LogP contribution in [0.25, 0.3) is 0 Å². The van der Waals surface area contributed by atoms with Gasteiger partial charge in [0, 0.05) is 3.57 Å². The molecule has 0 fully saturated rings. The minimum absolute atomic E-state index is 0.378. The minimum Gasteiger partial charge on any atom is -0.480 e. The molecule has 3 N–H and O–H groups in total. The first-order valence-corrected chi connectivity index (χ1v) is 7.15. The number of nitrogens with one attached hydrogen (secondary N) is 2. The van der Waals surface area contributed by atoms with Crippen LogP contribution in [0.1, 0.15) is 19.8 Å². The molecule has 0 saturated carbocycles. The first-order chi connectivity index (χ1) is 8.93. The van der Waals surface area contributed by atoms with Crippen LogP contribution in [0.3, 0.4) is 0 Å². The largest absolute Gasteiger partial charge is 0.480 e. The summed E-state index contributed by atoms with van der Waals surface area (Å²) in [5.41, 5.74) is 0.445. The number of carbonyl (C=O) groups excluding carboxylic acids is 1. The Kier molecular flexibility index (Phi) is 6.36. The zero-order chi connectivity index (χ0) is 14.4. The number of carboxylic acid groups (broad SMARTS) is 1. The highest BCUT2D eigenvalue weighted by Crippen LogP contribution is 2.23. The van der Waals surface area contributed by atoms with Gasteiger partial charge >= 0.3 is 12.0 Å². The Labute approximate surface area is 129 Å². The van der Waals surface area contributed by atoms with Gasteiger partial charge in [0.15, 0.2) is 0 Å². The Bertz CT molecular complexity index is 482. The molecule has 0 spiro atoms. The lowest BCUT2D eigenvalue weighted by atomic mass is 10.2. The highest BCUT2D eigenvalue weighted by Gasteiger charge is 2.19. The van der Waals surface area contributed by atoms with E-state index in [2.05, 4.69) is 33.2 Å². The third kappa shape index (κ3) is 5.23. The number of halogens is 2. The van der Waals surface area contributed by atoms with Crippen LogP contribution in [-0.4, -0.2) is 23.1 Å². The Hall–Kier alpha value is -1.02. The quantitative estimate of drug-likeness (QED) is 0.668. The van der Waals surface area contributed by atoms with Gasteiger partial charge in [-0.15, -0.1) is 0 Å². The fourth-order valence-corrected chi connectivity index (χ4v) is 2.36. The first-order valence-electron chi connectivity index (χ1n) is 5.69. The van der Waals surface area contributed by atoms with Gasteiger partial charge in [-0.1, -0.05) is 24.9 Å². The number of hydrogen-bond acceptors (Lipinski definition) is 2. The van der Waals surface area contributed by atoms with Gasteiger partial charge in [0.25, 0.3) is 0 Å². The monoisotopic (exact) mass is 396 g/mol. The van der Waals surface area contributed by atoms with Crippen molar-refractivity contribution in [3.8, 4) is 0 Å². The molecular weight excluding hydrogens is 383 g/mol. The molecule has 0 aromatic heterocycles. The van der Waals surface area contributed by atoms with E-state index in [-0.39, 0.29) is 0 Å². The van der Waals surface area contributed by atoms with E-state index in [1.807, 2.05) is 6.92 Å². The van der Waals surface area contributed by atoms with E-state index in [1.54, 1.807) is 18.2 Å². The highest BCUT2D eigenvalue weighted by molar-refractivity contribution is 14.1. The molecule has 0 heterocycles. The van der Waals surface area contributed by atoms with Crippen LogP contribution in [0, 0.1) is 3.57 Å². The lowest BCUT2D eigenvalue weighted by molar-refractivity contribution is -0.139. The molecule has 1 rings (SSSR count). The number of aliphatic carboxylic acids is 1. The Morgan fingerprint density at radius 3 is 2.68 bits per heavy atom. The Morgan fingerprint density at radius 1 is 1.47 bits per heavy atom. The SMILES string of the molecule is CCCC(NC(=O)Nc1ccc(I)cc1Cl)C(=O)O. The van der Waals surface area contributed by atoms with E-state index >= 15 is 0 Å². The molecule has 0 saturated heterocycles. The molecule has 1 atom stereocenters. The normalized spacial score (nSPS) is 11.7. The Balaban J connectivity index is 2.66. The van der Waals surface area contributed by atoms with Gasteiger partial charge in [0.05, 0.1) is 10.7 Å². The summed E-state index contributed by atoms with van der Waals surface area (Å²) < 4.78 is 0.947. The van der Waals surface area contributed by atoms with E-state index in [4.69, 9.17) is 16.7 Å². The second-order valence-electron chi connectivity index (χ2n) is 3.90. The van der Waals surface area contributed by atoms with Crippen molar-refractivity contribution in [3.63, 3.8) is 0 Å². The number of anilines is 1. The number of urea groups is 1. The number of carboxylic acids is 1. The van der Waals surface area contributed by atoms with Crippen molar-refractivity contribution >= 4 is 51.9 Å². The summed E-state index contributed by atoms with van der Waals surface area (Å²) in [7, 11) is 0. The molecule has 19 heavy (non-hydrogen) atoms. The van der Waals surface area contributed by atoms with Crippen molar-refractivity contribution in [3.05, 3.63) is 26.8 Å². The van der Waals surface area contributed by atoms with Gasteiger partial charge in [0.2, 0.25) is 0 Å². The summed E-state index contributed by atoms with van der Waals surface area (Å²) in [6, 6.07) is 3.69. The van der Waals surface area contributed by atoms with E-state index in [0.29, 0.717) is 23.6 Å². The number of amides is 2. The van der Waals surface area contributed by atoms with E-state index in [9.17, 15) is 9.59 Å². The van der Waals surface area contributed by atoms with Crippen molar-refractivity contribution < 1.29 is 14.7 Å². The molecule has 1 unspecified atom stereocenters. The zero-order valence-electron chi connectivity index (χ0n) is 10.2. The molecule has 2 amide bonds. The maximum absolute atomic E-state index is 11.7. The average Bonchev–Trinajstić information content (AvgIpc) is 2.32. The van der Waals surface area contributed by atoms with Gasteiger partial charge < -0.3 is 15.7 Å². The molecule has 7 heteroatoms. The molecule has 1 aromatic rings. The number of benzene rings is 1. The second-order valence-corrected chi connectivity index (χ2v) is 5.55. The van der Waals surface area contributed by atoms with Gasteiger partial charge in [-0.05, 0) is 47.2 Å².